The summed E-state index contributed by atoms with van der Waals surface area (Å²) >= 11 is 0. The first-order valence-electron chi connectivity index (χ1n) is 14.0. The molecular weight excluding hydrogens is 734 g/mol. The van der Waals surface area contributed by atoms with Crippen LogP contribution in [0.5, 0.6) is 0 Å². The van der Waals surface area contributed by atoms with Gasteiger partial charge >= 0.3 is 12.4 Å². The molecule has 0 fully saturated rings. The van der Waals surface area contributed by atoms with E-state index in [1.807, 2.05) is 0 Å². The Kier molecular flexibility index (Phi) is 8.84. The standard InChI is InChI=1S/C36H4F10N8/c37-21-1-13(2-22(38)33(21)35(41,42)43)25-17(9-51)29-19(11-53)30-18(10-52)26(14-3-23(39)34(24(40)4-14)36(44,45)46)28(16(7-49)8-50)32(30)20(12-54)31(29)27(25)15(5-47)6-48/h1-4H. The van der Waals surface area contributed by atoms with Crippen LogP contribution in [-0.2, 0) is 12.4 Å². The summed E-state index contributed by atoms with van der Waals surface area (Å²) in [6.45, 7) is 0. The van der Waals surface area contributed by atoms with Crippen LogP contribution < -0.4 is 0 Å². The van der Waals surface area contributed by atoms with Gasteiger partial charge in [-0.25, -0.2) is 17.6 Å². The maximum absolute atomic E-state index is 14.9. The number of nitriles is 8. The van der Waals surface area contributed by atoms with E-state index in [1.54, 1.807) is 24.3 Å². The van der Waals surface area contributed by atoms with Gasteiger partial charge in [0, 0.05) is 44.5 Å². The predicted molar refractivity (Wildman–Crippen MR) is 160 cm³/mol. The number of fused-ring (bicyclic) bond motifs is 2. The lowest BCUT2D eigenvalue weighted by Crippen LogP contribution is -2.12. The van der Waals surface area contributed by atoms with Crippen LogP contribution >= 0.6 is 0 Å². The number of allylic oxidation sites excluding steroid dienone is 8. The van der Waals surface area contributed by atoms with Crippen molar-refractivity contribution < 1.29 is 43.9 Å². The van der Waals surface area contributed by atoms with Crippen molar-refractivity contribution in [3.8, 4) is 48.6 Å². The molecule has 8 nitrogen and oxygen atoms in total. The van der Waals surface area contributed by atoms with E-state index in [2.05, 4.69) is 0 Å². The Morgan fingerprint density at radius 1 is 0.426 bits per heavy atom. The Morgan fingerprint density at radius 2 is 0.704 bits per heavy atom. The van der Waals surface area contributed by atoms with E-state index in [1.165, 1.54) is 24.3 Å². The number of hydrogen-bond donors (Lipinski definition) is 0. The summed E-state index contributed by atoms with van der Waals surface area (Å²) in [6.07, 6.45) is -11.2. The molecule has 2 aliphatic rings. The molecule has 5 rings (SSSR count). The van der Waals surface area contributed by atoms with E-state index in [9.17, 15) is 86.0 Å². The SMILES string of the molecule is N#CC(C#N)=C1C(c2cc(F)c(C(F)(F)F)c(F)c2)=C(C#N)c2c(C#N)c3c(c(C#N)c21)C(=C(C#N)C#N)C(c1cc(F)c(C(F)(F)F)c(F)c1)=C3C#N. The zero-order chi connectivity index (χ0) is 40.2. The number of nitrogens with zero attached hydrogens (tertiary/aromatic N) is 8. The van der Waals surface area contributed by atoms with Gasteiger partial charge in [-0.1, -0.05) is 0 Å². The maximum Gasteiger partial charge on any atom is 0.422 e. The van der Waals surface area contributed by atoms with Gasteiger partial charge in [-0.2, -0.15) is 68.4 Å². The van der Waals surface area contributed by atoms with Crippen molar-refractivity contribution in [3.05, 3.63) is 114 Å². The third-order valence-electron chi connectivity index (χ3n) is 8.12. The molecule has 0 heterocycles. The summed E-state index contributed by atoms with van der Waals surface area (Å²) in [5.41, 5.74) is -18.8. The molecule has 0 spiro atoms. The minimum Gasteiger partial charge on any atom is -0.206 e. The van der Waals surface area contributed by atoms with E-state index < -0.39 is 136 Å². The summed E-state index contributed by atoms with van der Waals surface area (Å²) in [5.74, 6) is -8.93. The van der Waals surface area contributed by atoms with Gasteiger partial charge in [0.05, 0.1) is 22.3 Å². The molecule has 0 amide bonds. The van der Waals surface area contributed by atoms with E-state index >= 15 is 0 Å². The van der Waals surface area contributed by atoms with E-state index in [4.69, 9.17) is 0 Å². The van der Waals surface area contributed by atoms with Crippen molar-refractivity contribution in [1.29, 1.82) is 42.1 Å². The lowest BCUT2D eigenvalue weighted by atomic mass is 9.82. The first-order valence-corrected chi connectivity index (χ1v) is 14.0. The summed E-state index contributed by atoms with van der Waals surface area (Å²) in [4.78, 5) is 0. The largest absolute Gasteiger partial charge is 0.422 e. The molecule has 258 valence electrons. The number of rotatable bonds is 2. The number of halogens is 10. The fraction of sp³-hybridized carbons (Fsp3) is 0.0556. The van der Waals surface area contributed by atoms with Crippen LogP contribution in [0.25, 0.3) is 33.4 Å². The highest BCUT2D eigenvalue weighted by Crippen LogP contribution is 2.58. The lowest BCUT2D eigenvalue weighted by molar-refractivity contribution is -0.143. The minimum absolute atomic E-state index is 0.0871. The molecule has 0 aromatic heterocycles. The fourth-order valence-corrected chi connectivity index (χ4v) is 6.27. The first-order chi connectivity index (χ1) is 25.4. The monoisotopic (exact) mass is 738 g/mol. The van der Waals surface area contributed by atoms with Gasteiger partial charge in [0.15, 0.2) is 0 Å². The van der Waals surface area contributed by atoms with Crippen LogP contribution in [0.4, 0.5) is 43.9 Å². The van der Waals surface area contributed by atoms with Crippen molar-refractivity contribution in [1.82, 2.24) is 0 Å². The normalized spacial score (nSPS) is 13.0. The lowest BCUT2D eigenvalue weighted by Gasteiger charge is -2.16. The van der Waals surface area contributed by atoms with Crippen molar-refractivity contribution in [2.75, 3.05) is 0 Å². The molecule has 0 saturated heterocycles. The number of alkyl halides is 6. The second-order valence-electron chi connectivity index (χ2n) is 10.8. The third-order valence-corrected chi connectivity index (χ3v) is 8.12. The summed E-state index contributed by atoms with van der Waals surface area (Å²) in [6, 6.07) is 12.2. The second kappa shape index (κ2) is 12.9. The molecular formula is C36H4F10N8. The highest BCUT2D eigenvalue weighted by molar-refractivity contribution is 6.32. The molecule has 18 heteroatoms. The zero-order valence-corrected chi connectivity index (χ0v) is 25.7. The van der Waals surface area contributed by atoms with Crippen molar-refractivity contribution >= 4 is 33.4 Å². The van der Waals surface area contributed by atoms with Gasteiger partial charge in [-0.15, -0.1) is 0 Å². The Morgan fingerprint density at radius 3 is 0.926 bits per heavy atom. The van der Waals surface area contributed by atoms with Crippen LogP contribution in [0.15, 0.2) is 35.4 Å². The third kappa shape index (κ3) is 5.25. The van der Waals surface area contributed by atoms with Gasteiger partial charge in [0.1, 0.15) is 94.1 Å². The van der Waals surface area contributed by atoms with Gasteiger partial charge in [0.2, 0.25) is 0 Å². The highest BCUT2D eigenvalue weighted by atomic mass is 19.4. The molecule has 2 aliphatic carbocycles. The topological polar surface area (TPSA) is 190 Å². The molecule has 0 N–H and O–H groups in total. The first kappa shape index (κ1) is 37.1. The molecule has 0 unspecified atom stereocenters. The van der Waals surface area contributed by atoms with Crippen LogP contribution in [0.1, 0.15) is 55.6 Å². The molecule has 3 aromatic carbocycles. The zero-order valence-electron chi connectivity index (χ0n) is 25.7. The summed E-state index contributed by atoms with van der Waals surface area (Å²) in [7, 11) is 0. The second-order valence-corrected chi connectivity index (χ2v) is 10.8. The highest BCUT2D eigenvalue weighted by Gasteiger charge is 2.45. The van der Waals surface area contributed by atoms with Gasteiger partial charge in [-0.05, 0) is 35.4 Å². The van der Waals surface area contributed by atoms with Crippen molar-refractivity contribution in [2.45, 2.75) is 12.4 Å². The minimum atomic E-state index is -5.58. The Hall–Kier alpha value is -8.16. The van der Waals surface area contributed by atoms with Gasteiger partial charge in [-0.3, -0.25) is 0 Å². The van der Waals surface area contributed by atoms with E-state index in [0.717, 1.165) is 0 Å². The van der Waals surface area contributed by atoms with Gasteiger partial charge in [0.25, 0.3) is 0 Å². The molecule has 0 radical (unpaired) electrons. The van der Waals surface area contributed by atoms with Crippen LogP contribution in [0.2, 0.25) is 0 Å². The van der Waals surface area contributed by atoms with Crippen molar-refractivity contribution in [3.63, 3.8) is 0 Å². The fourth-order valence-electron chi connectivity index (χ4n) is 6.27. The van der Waals surface area contributed by atoms with Crippen LogP contribution in [-0.4, -0.2) is 0 Å². The Bertz CT molecular complexity index is 2560. The quantitative estimate of drug-likeness (QED) is 0.185. The van der Waals surface area contributed by atoms with Gasteiger partial charge < -0.3 is 0 Å². The van der Waals surface area contributed by atoms with E-state index in [0.29, 0.717) is 0 Å². The molecule has 3 aromatic rings. The van der Waals surface area contributed by atoms with Crippen LogP contribution in [0.3, 0.4) is 0 Å². The number of hydrogen-bond acceptors (Lipinski definition) is 8. The smallest absolute Gasteiger partial charge is 0.206 e. The Labute approximate surface area is 294 Å². The van der Waals surface area contributed by atoms with E-state index in [-0.39, 0.29) is 24.3 Å². The predicted octanol–water partition coefficient (Wildman–Crippen LogP) is 8.52. The Balaban J connectivity index is 2.09. The molecule has 0 aliphatic heterocycles. The maximum atomic E-state index is 14.9. The molecule has 54 heavy (non-hydrogen) atoms. The average Bonchev–Trinajstić information content (AvgIpc) is 3.60. The molecule has 0 bridgehead atoms. The summed E-state index contributed by atoms with van der Waals surface area (Å²) in [5, 5.41) is 81.5. The van der Waals surface area contributed by atoms with Crippen molar-refractivity contribution in [2.24, 2.45) is 0 Å². The number of benzene rings is 3. The average molecular weight is 738 g/mol. The molecule has 0 saturated carbocycles. The molecule has 0 atom stereocenters. The van der Waals surface area contributed by atoms with Crippen LogP contribution in [0, 0.1) is 114 Å². The summed E-state index contributed by atoms with van der Waals surface area (Å²) < 4.78 is 140.